The minimum Gasteiger partial charge on any atom is -0.322 e. The molecule has 0 saturated heterocycles. The highest BCUT2D eigenvalue weighted by Crippen LogP contribution is 2.27. The molecule has 2 N–H and O–H groups in total. The number of hydrogen-bond donors (Lipinski definition) is 2. The van der Waals surface area contributed by atoms with Crippen LogP contribution in [-0.4, -0.2) is 26.4 Å². The number of Topliss-reactive ketones (excluding diaryl/α,β-unsaturated/α-hetero) is 1. The van der Waals surface area contributed by atoms with E-state index in [1.807, 2.05) is 18.2 Å². The summed E-state index contributed by atoms with van der Waals surface area (Å²) in [5.74, 6) is -0.488. The van der Waals surface area contributed by atoms with Crippen molar-refractivity contribution in [3.63, 3.8) is 0 Å². The van der Waals surface area contributed by atoms with Crippen LogP contribution in [0.1, 0.15) is 40.4 Å². The van der Waals surface area contributed by atoms with Crippen molar-refractivity contribution >= 4 is 33.1 Å². The van der Waals surface area contributed by atoms with Gasteiger partial charge in [-0.2, -0.15) is 0 Å². The Hall–Kier alpha value is -2.93. The Labute approximate surface area is 171 Å². The molecule has 0 atom stereocenters. The maximum Gasteiger partial charge on any atom is 0.257 e. The number of fused-ring (bicyclic) bond motifs is 1. The molecule has 0 fully saturated rings. The van der Waals surface area contributed by atoms with Gasteiger partial charge in [0.1, 0.15) is 5.78 Å². The van der Waals surface area contributed by atoms with Crippen molar-refractivity contribution in [1.29, 1.82) is 0 Å². The van der Waals surface area contributed by atoms with E-state index in [0.29, 0.717) is 11.3 Å². The maximum atomic E-state index is 12.9. The minimum atomic E-state index is -3.56. The first-order valence-electron chi connectivity index (χ1n) is 9.30. The van der Waals surface area contributed by atoms with Crippen LogP contribution in [0.3, 0.4) is 0 Å². The van der Waals surface area contributed by atoms with Gasteiger partial charge in [-0.15, -0.1) is 0 Å². The molecular formula is C22H24N2O4S. The van der Waals surface area contributed by atoms with E-state index in [4.69, 9.17) is 0 Å². The largest absolute Gasteiger partial charge is 0.322 e. The lowest BCUT2D eigenvalue weighted by atomic mass is 9.88. The molecular weight excluding hydrogens is 388 g/mol. The van der Waals surface area contributed by atoms with Gasteiger partial charge in [0.25, 0.3) is 5.91 Å². The van der Waals surface area contributed by atoms with Gasteiger partial charge in [0.15, 0.2) is 0 Å². The summed E-state index contributed by atoms with van der Waals surface area (Å²) in [5, 5.41) is 2.85. The average Bonchev–Trinajstić information content (AvgIpc) is 2.61. The summed E-state index contributed by atoms with van der Waals surface area (Å²) in [6.45, 7) is 5.50. The van der Waals surface area contributed by atoms with Crippen molar-refractivity contribution < 1.29 is 18.0 Å². The number of allylic oxidation sites excluding steroid dienone is 1. The summed E-state index contributed by atoms with van der Waals surface area (Å²) in [5.41, 5.74) is 5.21. The first-order chi connectivity index (χ1) is 13.6. The Bertz CT molecular complexity index is 1100. The molecule has 2 aromatic carbocycles. The van der Waals surface area contributed by atoms with Crippen molar-refractivity contribution in [2.75, 3.05) is 16.3 Å². The lowest BCUT2D eigenvalue weighted by molar-refractivity contribution is -0.116. The first kappa shape index (κ1) is 20.8. The number of hydrogen-bond acceptors (Lipinski definition) is 4. The predicted octanol–water partition coefficient (Wildman–Crippen LogP) is 3.49. The maximum absolute atomic E-state index is 12.9. The fourth-order valence-electron chi connectivity index (χ4n) is 3.44. The standard InChI is InChI=1S/C22H24N2O4S/c1-14-4-6-18-13-19(8-7-17(18)10-14)23-22(26)20-12-16(11-15(2)25)5-9-21(20)24-29(3,27)28/h5,7-9,12-13,24H,1,4,6,10-11H2,2-3H3,(H,23,26). The number of nitrogens with one attached hydrogen (secondary N) is 2. The van der Waals surface area contributed by atoms with Crippen molar-refractivity contribution in [1.82, 2.24) is 0 Å². The molecule has 3 rings (SSSR count). The second kappa shape index (κ2) is 8.21. The molecule has 0 saturated carbocycles. The summed E-state index contributed by atoms with van der Waals surface area (Å²) in [6.07, 6.45) is 3.85. The summed E-state index contributed by atoms with van der Waals surface area (Å²) < 4.78 is 25.7. The van der Waals surface area contributed by atoms with Crippen molar-refractivity contribution in [2.24, 2.45) is 0 Å². The quantitative estimate of drug-likeness (QED) is 0.711. The van der Waals surface area contributed by atoms with Crippen molar-refractivity contribution in [2.45, 2.75) is 32.6 Å². The fraction of sp³-hybridized carbons (Fsp3) is 0.273. The number of aryl methyl sites for hydroxylation is 1. The number of carbonyl (C=O) groups is 2. The number of anilines is 2. The molecule has 1 amide bonds. The topological polar surface area (TPSA) is 92.3 Å². The third-order valence-electron chi connectivity index (χ3n) is 4.73. The normalized spacial score (nSPS) is 13.5. The zero-order valence-corrected chi connectivity index (χ0v) is 17.4. The van der Waals surface area contributed by atoms with Crippen molar-refractivity contribution in [3.05, 3.63) is 70.8 Å². The highest BCUT2D eigenvalue weighted by Gasteiger charge is 2.17. The predicted molar refractivity (Wildman–Crippen MR) is 115 cm³/mol. The molecule has 0 aliphatic heterocycles. The van der Waals surface area contributed by atoms with E-state index in [1.54, 1.807) is 12.1 Å². The molecule has 29 heavy (non-hydrogen) atoms. The molecule has 0 spiro atoms. The van der Waals surface area contributed by atoms with Gasteiger partial charge in [-0.1, -0.05) is 24.3 Å². The molecule has 6 nitrogen and oxygen atoms in total. The second-order valence-corrected chi connectivity index (χ2v) is 9.25. The Morgan fingerprint density at radius 3 is 2.52 bits per heavy atom. The van der Waals surface area contributed by atoms with Crippen LogP contribution in [-0.2, 0) is 34.1 Å². The smallest absolute Gasteiger partial charge is 0.257 e. The molecule has 1 aliphatic rings. The first-order valence-corrected chi connectivity index (χ1v) is 11.2. The zero-order valence-electron chi connectivity index (χ0n) is 16.5. The lowest BCUT2D eigenvalue weighted by Gasteiger charge is -2.19. The molecule has 2 aromatic rings. The minimum absolute atomic E-state index is 0.0449. The third kappa shape index (κ3) is 5.54. The third-order valence-corrected chi connectivity index (χ3v) is 5.32. The van der Waals surface area contributed by atoms with Crippen LogP contribution in [0, 0.1) is 0 Å². The number of carbonyl (C=O) groups excluding carboxylic acids is 2. The van der Waals surface area contributed by atoms with Gasteiger partial charge in [0.2, 0.25) is 10.0 Å². The van der Waals surface area contributed by atoms with Gasteiger partial charge in [-0.3, -0.25) is 14.3 Å². The van der Waals surface area contributed by atoms with E-state index in [9.17, 15) is 18.0 Å². The van der Waals surface area contributed by atoms with Crippen LogP contribution >= 0.6 is 0 Å². The highest BCUT2D eigenvalue weighted by molar-refractivity contribution is 7.92. The zero-order chi connectivity index (χ0) is 21.2. The van der Waals surface area contributed by atoms with E-state index < -0.39 is 15.9 Å². The molecule has 0 unspecified atom stereocenters. The highest BCUT2D eigenvalue weighted by atomic mass is 32.2. The average molecular weight is 413 g/mol. The van der Waals surface area contributed by atoms with Crippen LogP contribution < -0.4 is 10.0 Å². The van der Waals surface area contributed by atoms with E-state index in [-0.39, 0.29) is 23.5 Å². The molecule has 0 radical (unpaired) electrons. The molecule has 0 heterocycles. The molecule has 7 heteroatoms. The summed E-state index contributed by atoms with van der Waals surface area (Å²) in [7, 11) is -3.56. The number of amides is 1. The van der Waals surface area contributed by atoms with E-state index in [1.165, 1.54) is 29.7 Å². The fourth-order valence-corrected chi connectivity index (χ4v) is 4.02. The van der Waals surface area contributed by atoms with Gasteiger partial charge in [-0.05, 0) is 67.1 Å². The Kier molecular flexibility index (Phi) is 5.88. The lowest BCUT2D eigenvalue weighted by Crippen LogP contribution is -2.18. The van der Waals surface area contributed by atoms with E-state index in [0.717, 1.165) is 25.5 Å². The molecule has 0 bridgehead atoms. The summed E-state index contributed by atoms with van der Waals surface area (Å²) >= 11 is 0. The van der Waals surface area contributed by atoms with Crippen molar-refractivity contribution in [3.8, 4) is 0 Å². The van der Waals surface area contributed by atoms with Crippen LogP contribution in [0.4, 0.5) is 11.4 Å². The van der Waals surface area contributed by atoms with Crippen LogP contribution in [0.25, 0.3) is 0 Å². The summed E-state index contributed by atoms with van der Waals surface area (Å²) in [6, 6.07) is 10.5. The van der Waals surface area contributed by atoms with Gasteiger partial charge >= 0.3 is 0 Å². The second-order valence-electron chi connectivity index (χ2n) is 7.50. The Morgan fingerprint density at radius 2 is 1.83 bits per heavy atom. The number of sulfonamides is 1. The molecule has 152 valence electrons. The Balaban J connectivity index is 1.90. The molecule has 0 aromatic heterocycles. The van der Waals surface area contributed by atoms with Crippen LogP contribution in [0.5, 0.6) is 0 Å². The number of ketones is 1. The van der Waals surface area contributed by atoms with E-state index in [2.05, 4.69) is 16.6 Å². The van der Waals surface area contributed by atoms with Gasteiger partial charge in [0, 0.05) is 12.1 Å². The van der Waals surface area contributed by atoms with Gasteiger partial charge in [0.05, 0.1) is 17.5 Å². The van der Waals surface area contributed by atoms with Crippen LogP contribution in [0.15, 0.2) is 48.6 Å². The van der Waals surface area contributed by atoms with Gasteiger partial charge in [-0.25, -0.2) is 8.42 Å². The Morgan fingerprint density at radius 1 is 1.07 bits per heavy atom. The number of rotatable bonds is 6. The monoisotopic (exact) mass is 412 g/mol. The number of benzene rings is 2. The van der Waals surface area contributed by atoms with Crippen LogP contribution in [0.2, 0.25) is 0 Å². The van der Waals surface area contributed by atoms with Gasteiger partial charge < -0.3 is 5.32 Å². The summed E-state index contributed by atoms with van der Waals surface area (Å²) in [4.78, 5) is 24.4. The van der Waals surface area contributed by atoms with E-state index >= 15 is 0 Å². The molecule has 1 aliphatic carbocycles. The SMILES string of the molecule is C=C1CCc2cc(NC(=O)c3cc(CC(C)=O)ccc3NS(C)(=O)=O)ccc2C1.